The lowest BCUT2D eigenvalue weighted by atomic mass is 9.90. The van der Waals surface area contributed by atoms with Crippen LogP contribution < -0.4 is 0 Å². The Morgan fingerprint density at radius 3 is 1.95 bits per heavy atom. The van der Waals surface area contributed by atoms with Crippen LogP contribution in [0.1, 0.15) is 34.6 Å². The molecule has 1 aliphatic carbocycles. The molecular weight excluding hydrogens is 508 g/mol. The van der Waals surface area contributed by atoms with Crippen LogP contribution in [0, 0.1) is 11.3 Å². The van der Waals surface area contributed by atoms with Crippen molar-refractivity contribution in [1.82, 2.24) is 4.57 Å². The Hall–Kier alpha value is -5.39. The number of aryl methyl sites for hydroxylation is 1. The summed E-state index contributed by atoms with van der Waals surface area (Å²) in [6.07, 6.45) is 2.10. The van der Waals surface area contributed by atoms with Crippen molar-refractivity contribution in [2.24, 2.45) is 0 Å². The second kappa shape index (κ2) is 9.91. The van der Waals surface area contributed by atoms with Crippen molar-refractivity contribution in [1.29, 1.82) is 5.26 Å². The highest BCUT2D eigenvalue weighted by Crippen LogP contribution is 2.46. The van der Waals surface area contributed by atoms with Gasteiger partial charge in [-0.2, -0.15) is 5.26 Å². The summed E-state index contributed by atoms with van der Waals surface area (Å²) in [5.74, 6) is 0.427. The molecule has 8 rings (SSSR count). The Labute approximate surface area is 245 Å². The fraction of sp³-hybridized carbons (Fsp3) is 0.0750. The zero-order chi connectivity index (χ0) is 28.0. The zero-order valence-corrected chi connectivity index (χ0v) is 23.2. The number of nitriles is 1. The van der Waals surface area contributed by atoms with E-state index in [0.717, 1.165) is 40.3 Å². The first-order valence-electron chi connectivity index (χ1n) is 14.6. The molecule has 0 spiro atoms. The van der Waals surface area contributed by atoms with E-state index in [9.17, 15) is 5.26 Å². The average molecular weight is 537 g/mol. The number of nitrogens with zero attached hydrogens (tertiary/aromatic N) is 2. The SMILES string of the molecule is N#Cc1ccc2c(c1)c1cc(-c3cccc(CCC4c5ccccc5-c5ccccc54)c3)ccc1n2-c1ccccc1. The molecule has 1 aliphatic rings. The molecule has 0 bridgehead atoms. The third kappa shape index (κ3) is 3.94. The summed E-state index contributed by atoms with van der Waals surface area (Å²) in [7, 11) is 0. The van der Waals surface area contributed by atoms with Crippen molar-refractivity contribution < 1.29 is 0 Å². The largest absolute Gasteiger partial charge is 0.309 e. The Kier molecular flexibility index (Phi) is 5.76. The summed E-state index contributed by atoms with van der Waals surface area (Å²) < 4.78 is 2.29. The van der Waals surface area contributed by atoms with Crippen LogP contribution >= 0.6 is 0 Å². The van der Waals surface area contributed by atoms with E-state index < -0.39 is 0 Å². The van der Waals surface area contributed by atoms with Gasteiger partial charge in [0.2, 0.25) is 0 Å². The Balaban J connectivity index is 1.16. The summed E-state index contributed by atoms with van der Waals surface area (Å²) >= 11 is 0. The van der Waals surface area contributed by atoms with Gasteiger partial charge in [0, 0.05) is 22.4 Å². The Bertz CT molecular complexity index is 2120. The van der Waals surface area contributed by atoms with Gasteiger partial charge in [0.05, 0.1) is 22.7 Å². The number of benzene rings is 6. The highest BCUT2D eigenvalue weighted by molar-refractivity contribution is 6.10. The van der Waals surface area contributed by atoms with E-state index in [-0.39, 0.29) is 0 Å². The molecule has 198 valence electrons. The van der Waals surface area contributed by atoms with Crippen molar-refractivity contribution in [3.8, 4) is 34.0 Å². The van der Waals surface area contributed by atoms with E-state index >= 15 is 0 Å². The number of fused-ring (bicyclic) bond motifs is 6. The van der Waals surface area contributed by atoms with Gasteiger partial charge in [-0.15, -0.1) is 0 Å². The minimum atomic E-state index is 0.427. The number of para-hydroxylation sites is 1. The highest BCUT2D eigenvalue weighted by Gasteiger charge is 2.27. The quantitative estimate of drug-likeness (QED) is 0.215. The number of aromatic nitrogens is 1. The summed E-state index contributed by atoms with van der Waals surface area (Å²) in [5.41, 5.74) is 13.5. The molecule has 0 N–H and O–H groups in total. The molecule has 0 saturated heterocycles. The minimum Gasteiger partial charge on any atom is -0.309 e. The molecule has 2 nitrogen and oxygen atoms in total. The van der Waals surface area contributed by atoms with Gasteiger partial charge in [0.1, 0.15) is 0 Å². The van der Waals surface area contributed by atoms with Crippen molar-refractivity contribution in [2.45, 2.75) is 18.8 Å². The maximum Gasteiger partial charge on any atom is 0.0991 e. The summed E-state index contributed by atoms with van der Waals surface area (Å²) in [6, 6.07) is 52.3. The summed E-state index contributed by atoms with van der Waals surface area (Å²) in [6.45, 7) is 0. The molecule has 0 amide bonds. The lowest BCUT2D eigenvalue weighted by molar-refractivity contribution is 0.730. The molecule has 1 aromatic heterocycles. The van der Waals surface area contributed by atoms with Crippen LogP contribution in [0.4, 0.5) is 0 Å². The van der Waals surface area contributed by atoms with Crippen LogP contribution in [0.15, 0.2) is 140 Å². The summed E-state index contributed by atoms with van der Waals surface area (Å²) in [4.78, 5) is 0. The molecule has 0 fully saturated rings. The number of rotatable bonds is 5. The molecule has 0 unspecified atom stereocenters. The van der Waals surface area contributed by atoms with Crippen molar-refractivity contribution >= 4 is 21.8 Å². The molecule has 0 aliphatic heterocycles. The van der Waals surface area contributed by atoms with Gasteiger partial charge in [-0.25, -0.2) is 0 Å². The maximum absolute atomic E-state index is 9.64. The Morgan fingerprint density at radius 1 is 0.571 bits per heavy atom. The predicted octanol–water partition coefficient (Wildman–Crippen LogP) is 10.1. The van der Waals surface area contributed by atoms with Crippen LogP contribution in [-0.2, 0) is 6.42 Å². The molecule has 6 aromatic carbocycles. The van der Waals surface area contributed by atoms with E-state index in [0.29, 0.717) is 11.5 Å². The van der Waals surface area contributed by atoms with Crippen LogP contribution in [-0.4, -0.2) is 4.57 Å². The van der Waals surface area contributed by atoms with Crippen molar-refractivity contribution in [3.63, 3.8) is 0 Å². The molecule has 1 heterocycles. The molecule has 0 atom stereocenters. The van der Waals surface area contributed by atoms with Gasteiger partial charge in [-0.3, -0.25) is 0 Å². The van der Waals surface area contributed by atoms with Gasteiger partial charge < -0.3 is 4.57 Å². The Morgan fingerprint density at radius 2 is 1.21 bits per heavy atom. The van der Waals surface area contributed by atoms with E-state index in [1.54, 1.807) is 0 Å². The van der Waals surface area contributed by atoms with E-state index in [4.69, 9.17) is 0 Å². The van der Waals surface area contributed by atoms with Crippen molar-refractivity contribution in [2.75, 3.05) is 0 Å². The molecule has 0 radical (unpaired) electrons. The first-order valence-corrected chi connectivity index (χ1v) is 14.6. The van der Waals surface area contributed by atoms with E-state index in [1.807, 2.05) is 18.2 Å². The first-order chi connectivity index (χ1) is 20.8. The third-order valence-corrected chi connectivity index (χ3v) is 8.85. The first kappa shape index (κ1) is 24.4. The van der Waals surface area contributed by atoms with Gasteiger partial charge >= 0.3 is 0 Å². The fourth-order valence-electron chi connectivity index (χ4n) is 6.92. The van der Waals surface area contributed by atoms with E-state index in [1.165, 1.54) is 38.9 Å². The molecule has 42 heavy (non-hydrogen) atoms. The molecular formula is C40H28N2. The normalized spacial score (nSPS) is 12.4. The lowest BCUT2D eigenvalue weighted by Crippen LogP contribution is -1.99. The van der Waals surface area contributed by atoms with Crippen LogP contribution in [0.5, 0.6) is 0 Å². The lowest BCUT2D eigenvalue weighted by Gasteiger charge is -2.14. The molecule has 7 aromatic rings. The molecule has 0 saturated carbocycles. The third-order valence-electron chi connectivity index (χ3n) is 8.85. The van der Waals surface area contributed by atoms with Gasteiger partial charge in [0.15, 0.2) is 0 Å². The smallest absolute Gasteiger partial charge is 0.0991 e. The second-order valence-corrected chi connectivity index (χ2v) is 11.2. The second-order valence-electron chi connectivity index (χ2n) is 11.2. The van der Waals surface area contributed by atoms with Crippen LogP contribution in [0.3, 0.4) is 0 Å². The minimum absolute atomic E-state index is 0.427. The zero-order valence-electron chi connectivity index (χ0n) is 23.2. The molecule has 2 heteroatoms. The fourth-order valence-corrected chi connectivity index (χ4v) is 6.92. The average Bonchev–Trinajstić information content (AvgIpc) is 3.56. The topological polar surface area (TPSA) is 28.7 Å². The van der Waals surface area contributed by atoms with E-state index in [2.05, 4.69) is 132 Å². The standard InChI is InChI=1S/C40H28N2/c41-26-28-18-21-39-37(24-28)38-25-30(19-22-40(38)42(39)31-11-2-1-3-12-31)29-10-8-9-27(23-29)17-20-36-34-15-6-4-13-32(34)33-14-5-7-16-35(33)36/h1-16,18-19,21-25,36H,17,20H2. The van der Waals surface area contributed by atoms with Gasteiger partial charge in [-0.05, 0) is 94.3 Å². The van der Waals surface area contributed by atoms with Gasteiger partial charge in [0.25, 0.3) is 0 Å². The monoisotopic (exact) mass is 536 g/mol. The number of hydrogen-bond acceptors (Lipinski definition) is 1. The van der Waals surface area contributed by atoms with Crippen molar-refractivity contribution in [3.05, 3.63) is 162 Å². The predicted molar refractivity (Wildman–Crippen MR) is 173 cm³/mol. The highest BCUT2D eigenvalue weighted by atomic mass is 15.0. The number of hydrogen-bond donors (Lipinski definition) is 0. The summed E-state index contributed by atoms with van der Waals surface area (Å²) in [5, 5.41) is 11.9. The van der Waals surface area contributed by atoms with Gasteiger partial charge in [-0.1, -0.05) is 97.1 Å². The van der Waals surface area contributed by atoms with Crippen LogP contribution in [0.25, 0.3) is 49.7 Å². The van der Waals surface area contributed by atoms with Crippen LogP contribution in [0.2, 0.25) is 0 Å². The maximum atomic E-state index is 9.64.